The summed E-state index contributed by atoms with van der Waals surface area (Å²) in [5.74, 6) is 0. The second kappa shape index (κ2) is 4.01. The summed E-state index contributed by atoms with van der Waals surface area (Å²) >= 11 is 0. The number of hydrogen-bond acceptors (Lipinski definition) is 3. The maximum Gasteiger partial charge on any atom is 0.169 e. The van der Waals surface area contributed by atoms with Crippen LogP contribution in [0.1, 0.15) is 26.7 Å². The van der Waals surface area contributed by atoms with E-state index in [1.165, 1.54) is 0 Å². The fourth-order valence-corrected chi connectivity index (χ4v) is 1.24. The number of carbonyl (C=O) groups is 1. The van der Waals surface area contributed by atoms with Crippen LogP contribution in [0.5, 0.6) is 0 Å². The molecular weight excluding hydrogens is 156 g/mol. The number of ether oxygens (including phenoxy) is 2. The molecule has 1 rings (SSSR count). The molecule has 12 heavy (non-hydrogen) atoms. The molecule has 0 amide bonds. The van der Waals surface area contributed by atoms with Crippen LogP contribution < -0.4 is 0 Å². The van der Waals surface area contributed by atoms with Gasteiger partial charge in [0.05, 0.1) is 5.41 Å². The molecule has 0 aromatic carbocycles. The first-order valence-electron chi connectivity index (χ1n) is 4.48. The summed E-state index contributed by atoms with van der Waals surface area (Å²) in [7, 11) is 0. The van der Waals surface area contributed by atoms with Crippen molar-refractivity contribution in [3.63, 3.8) is 0 Å². The van der Waals surface area contributed by atoms with Gasteiger partial charge < -0.3 is 14.3 Å². The third-order valence-corrected chi connectivity index (χ3v) is 2.17. The molecule has 0 bridgehead atoms. The molecule has 0 N–H and O–H groups in total. The van der Waals surface area contributed by atoms with Crippen LogP contribution in [0.15, 0.2) is 0 Å². The van der Waals surface area contributed by atoms with Gasteiger partial charge in [0.25, 0.3) is 0 Å². The van der Waals surface area contributed by atoms with Crippen molar-refractivity contribution in [3.05, 3.63) is 0 Å². The van der Waals surface area contributed by atoms with Crippen LogP contribution in [-0.2, 0) is 14.3 Å². The van der Waals surface area contributed by atoms with E-state index in [1.807, 2.05) is 13.8 Å². The highest BCUT2D eigenvalue weighted by Crippen LogP contribution is 2.48. The number of aldehydes is 1. The van der Waals surface area contributed by atoms with E-state index in [0.717, 1.165) is 19.1 Å². The Labute approximate surface area is 73.0 Å². The van der Waals surface area contributed by atoms with Crippen LogP contribution in [-0.4, -0.2) is 25.8 Å². The second-order valence-corrected chi connectivity index (χ2v) is 3.09. The first kappa shape index (κ1) is 9.68. The standard InChI is InChI=1S/C9H16O3/c1-3-11-8(12-4-2)9(7-10)5-6-9/h7-8H,3-6H2,1-2H3. The maximum atomic E-state index is 10.7. The zero-order chi connectivity index (χ0) is 9.03. The van der Waals surface area contributed by atoms with E-state index in [1.54, 1.807) is 0 Å². The smallest absolute Gasteiger partial charge is 0.169 e. The van der Waals surface area contributed by atoms with Crippen LogP contribution in [0.3, 0.4) is 0 Å². The van der Waals surface area contributed by atoms with Gasteiger partial charge in [-0.1, -0.05) is 0 Å². The number of hydrogen-bond donors (Lipinski definition) is 0. The first-order valence-corrected chi connectivity index (χ1v) is 4.48. The molecule has 3 heteroatoms. The Balaban J connectivity index is 2.46. The van der Waals surface area contributed by atoms with E-state index in [-0.39, 0.29) is 11.7 Å². The lowest BCUT2D eigenvalue weighted by Gasteiger charge is -2.21. The highest BCUT2D eigenvalue weighted by Gasteiger charge is 2.51. The zero-order valence-corrected chi connectivity index (χ0v) is 7.71. The fourth-order valence-electron chi connectivity index (χ4n) is 1.24. The van der Waals surface area contributed by atoms with Crippen LogP contribution in [0.2, 0.25) is 0 Å². The molecular formula is C9H16O3. The Morgan fingerprint density at radius 1 is 1.33 bits per heavy atom. The topological polar surface area (TPSA) is 35.5 Å². The summed E-state index contributed by atoms with van der Waals surface area (Å²) in [6.07, 6.45) is 2.47. The van der Waals surface area contributed by atoms with Gasteiger partial charge in [-0.2, -0.15) is 0 Å². The van der Waals surface area contributed by atoms with Crippen molar-refractivity contribution in [3.8, 4) is 0 Å². The lowest BCUT2D eigenvalue weighted by Crippen LogP contribution is -2.29. The quantitative estimate of drug-likeness (QED) is 0.448. The molecule has 70 valence electrons. The van der Waals surface area contributed by atoms with E-state index >= 15 is 0 Å². The van der Waals surface area contributed by atoms with Gasteiger partial charge in [0.15, 0.2) is 6.29 Å². The number of rotatable bonds is 6. The Hall–Kier alpha value is -0.410. The van der Waals surface area contributed by atoms with Crippen molar-refractivity contribution in [2.45, 2.75) is 33.0 Å². The number of carbonyl (C=O) groups excluding carboxylic acids is 1. The van der Waals surface area contributed by atoms with Gasteiger partial charge >= 0.3 is 0 Å². The van der Waals surface area contributed by atoms with Crippen molar-refractivity contribution in [1.82, 2.24) is 0 Å². The SMILES string of the molecule is CCOC(OCC)C1(C=O)CC1. The molecule has 0 heterocycles. The molecule has 1 aliphatic rings. The van der Waals surface area contributed by atoms with Gasteiger partial charge in [-0.15, -0.1) is 0 Å². The molecule has 0 radical (unpaired) electrons. The van der Waals surface area contributed by atoms with Gasteiger partial charge in [0.1, 0.15) is 6.29 Å². The lowest BCUT2D eigenvalue weighted by molar-refractivity contribution is -0.175. The third kappa shape index (κ3) is 1.84. The molecule has 1 saturated carbocycles. The molecule has 3 nitrogen and oxygen atoms in total. The normalized spacial score (nSPS) is 19.6. The molecule has 0 aliphatic heterocycles. The van der Waals surface area contributed by atoms with Crippen molar-refractivity contribution < 1.29 is 14.3 Å². The minimum atomic E-state index is -0.315. The summed E-state index contributed by atoms with van der Waals surface area (Å²) in [6.45, 7) is 5.01. The van der Waals surface area contributed by atoms with E-state index in [0.29, 0.717) is 13.2 Å². The average molecular weight is 172 g/mol. The van der Waals surface area contributed by atoms with Crippen molar-refractivity contribution in [2.24, 2.45) is 5.41 Å². The molecule has 0 saturated heterocycles. The predicted octanol–water partition coefficient (Wildman–Crippen LogP) is 1.36. The van der Waals surface area contributed by atoms with Crippen molar-refractivity contribution in [2.75, 3.05) is 13.2 Å². The van der Waals surface area contributed by atoms with Gasteiger partial charge in [0.2, 0.25) is 0 Å². The molecule has 0 spiro atoms. The van der Waals surface area contributed by atoms with Gasteiger partial charge in [-0.3, -0.25) is 0 Å². The van der Waals surface area contributed by atoms with E-state index in [9.17, 15) is 4.79 Å². The van der Waals surface area contributed by atoms with Crippen LogP contribution in [0.4, 0.5) is 0 Å². The van der Waals surface area contributed by atoms with E-state index in [4.69, 9.17) is 9.47 Å². The van der Waals surface area contributed by atoms with Gasteiger partial charge in [0, 0.05) is 13.2 Å². The zero-order valence-electron chi connectivity index (χ0n) is 7.71. The highest BCUT2D eigenvalue weighted by molar-refractivity contribution is 5.64. The molecule has 1 aliphatic carbocycles. The van der Waals surface area contributed by atoms with E-state index in [2.05, 4.69) is 0 Å². The Morgan fingerprint density at radius 2 is 1.83 bits per heavy atom. The Morgan fingerprint density at radius 3 is 2.08 bits per heavy atom. The summed E-state index contributed by atoms with van der Waals surface area (Å²) in [5, 5.41) is 0. The highest BCUT2D eigenvalue weighted by atomic mass is 16.7. The van der Waals surface area contributed by atoms with Crippen molar-refractivity contribution >= 4 is 6.29 Å². The summed E-state index contributed by atoms with van der Waals surface area (Å²) in [5.41, 5.74) is -0.313. The van der Waals surface area contributed by atoms with Crippen molar-refractivity contribution in [1.29, 1.82) is 0 Å². The summed E-state index contributed by atoms with van der Waals surface area (Å²) < 4.78 is 10.7. The minimum absolute atomic E-state index is 0.313. The molecule has 0 unspecified atom stereocenters. The van der Waals surface area contributed by atoms with E-state index < -0.39 is 0 Å². The maximum absolute atomic E-state index is 10.7. The molecule has 0 aromatic rings. The van der Waals surface area contributed by atoms with Crippen LogP contribution >= 0.6 is 0 Å². The van der Waals surface area contributed by atoms with Gasteiger partial charge in [-0.05, 0) is 26.7 Å². The third-order valence-electron chi connectivity index (χ3n) is 2.17. The van der Waals surface area contributed by atoms with Crippen LogP contribution in [0, 0.1) is 5.41 Å². The fraction of sp³-hybridized carbons (Fsp3) is 0.889. The second-order valence-electron chi connectivity index (χ2n) is 3.09. The minimum Gasteiger partial charge on any atom is -0.352 e. The summed E-state index contributed by atoms with van der Waals surface area (Å²) in [6, 6.07) is 0. The van der Waals surface area contributed by atoms with Crippen LogP contribution in [0.25, 0.3) is 0 Å². The largest absolute Gasteiger partial charge is 0.352 e. The molecule has 1 fully saturated rings. The average Bonchev–Trinajstić information content (AvgIpc) is 2.85. The predicted molar refractivity (Wildman–Crippen MR) is 44.8 cm³/mol. The molecule has 0 atom stereocenters. The lowest BCUT2D eigenvalue weighted by atomic mass is 10.1. The Bertz CT molecular complexity index is 146. The summed E-state index contributed by atoms with van der Waals surface area (Å²) in [4.78, 5) is 10.7. The monoisotopic (exact) mass is 172 g/mol. The first-order chi connectivity index (χ1) is 5.79. The molecule has 0 aromatic heterocycles. The Kier molecular flexibility index (Phi) is 3.23. The van der Waals surface area contributed by atoms with Gasteiger partial charge in [-0.25, -0.2) is 0 Å².